The number of aliphatic hydroxyl groups is 1. The standard InChI is InChI=1S/C28H19F3N8O3/c29-28(30,31)17-10-19(16-11-32-21(14-40)33-12-16)23(34-13-17)26-38-39-27(42-26)37-24-25(41)35-20-9-5-4-8-18(20)22(36-24)15-6-2-1-3-7-15/h1-13,24,40H,14H2,(H,35,41)(H,37,39). The van der Waals surface area contributed by atoms with E-state index in [9.17, 15) is 23.1 Å². The number of hydrogen-bond acceptors (Lipinski definition) is 10. The second-order valence-electron chi connectivity index (χ2n) is 9.00. The Morgan fingerprint density at radius 3 is 2.38 bits per heavy atom. The number of carbonyl (C=O) groups excluding carboxylic acids is 1. The number of alkyl halides is 3. The van der Waals surface area contributed by atoms with Gasteiger partial charge in [0.1, 0.15) is 12.3 Å². The molecule has 0 radical (unpaired) electrons. The summed E-state index contributed by atoms with van der Waals surface area (Å²) in [6, 6.07) is 17.2. The molecule has 1 amide bonds. The summed E-state index contributed by atoms with van der Waals surface area (Å²) >= 11 is 0. The van der Waals surface area contributed by atoms with E-state index in [1.54, 1.807) is 12.1 Å². The summed E-state index contributed by atoms with van der Waals surface area (Å²) in [5, 5.41) is 22.7. The number of halogens is 3. The van der Waals surface area contributed by atoms with E-state index in [0.29, 0.717) is 23.2 Å². The van der Waals surface area contributed by atoms with Gasteiger partial charge in [-0.05, 0) is 12.1 Å². The number of aliphatic imine (C=N–C) groups is 1. The second-order valence-corrected chi connectivity index (χ2v) is 9.00. The number of nitrogens with zero attached hydrogens (tertiary/aromatic N) is 6. The van der Waals surface area contributed by atoms with Crippen molar-refractivity contribution in [3.05, 3.63) is 102 Å². The number of hydrogen-bond donors (Lipinski definition) is 3. The Morgan fingerprint density at radius 2 is 1.64 bits per heavy atom. The van der Waals surface area contributed by atoms with E-state index >= 15 is 0 Å². The molecule has 0 fully saturated rings. The number of rotatable bonds is 6. The Morgan fingerprint density at radius 1 is 0.905 bits per heavy atom. The first-order chi connectivity index (χ1) is 20.3. The highest BCUT2D eigenvalue weighted by Gasteiger charge is 2.33. The molecule has 3 aromatic heterocycles. The zero-order chi connectivity index (χ0) is 29.3. The minimum atomic E-state index is -4.67. The lowest BCUT2D eigenvalue weighted by Crippen LogP contribution is -2.32. The van der Waals surface area contributed by atoms with Gasteiger partial charge in [-0.15, -0.1) is 5.10 Å². The van der Waals surface area contributed by atoms with Gasteiger partial charge in [0, 0.05) is 40.8 Å². The molecule has 1 atom stereocenters. The van der Waals surface area contributed by atoms with Crippen molar-refractivity contribution in [2.75, 3.05) is 10.6 Å². The Kier molecular flexibility index (Phi) is 6.88. The van der Waals surface area contributed by atoms with Crippen LogP contribution in [0.3, 0.4) is 0 Å². The predicted octanol–water partition coefficient (Wildman–Crippen LogP) is 4.33. The largest absolute Gasteiger partial charge is 0.417 e. The lowest BCUT2D eigenvalue weighted by molar-refractivity contribution is -0.137. The van der Waals surface area contributed by atoms with Gasteiger partial charge in [0.25, 0.3) is 11.8 Å². The summed E-state index contributed by atoms with van der Waals surface area (Å²) in [6.45, 7) is -0.443. The number of para-hydroxylation sites is 1. The van der Waals surface area contributed by atoms with Crippen LogP contribution in [0, 0.1) is 0 Å². The van der Waals surface area contributed by atoms with Crippen molar-refractivity contribution in [3.63, 3.8) is 0 Å². The molecule has 0 bridgehead atoms. The van der Waals surface area contributed by atoms with Crippen LogP contribution in [0.4, 0.5) is 24.9 Å². The molecule has 2 aromatic carbocycles. The molecule has 14 heteroatoms. The van der Waals surface area contributed by atoms with Crippen LogP contribution in [0.2, 0.25) is 0 Å². The fourth-order valence-electron chi connectivity index (χ4n) is 4.26. The molecule has 1 aliphatic rings. The molecule has 4 heterocycles. The minimum Gasteiger partial charge on any atom is -0.402 e. The number of aliphatic hydroxyl groups excluding tert-OH is 1. The number of fused-ring (bicyclic) bond motifs is 1. The summed E-state index contributed by atoms with van der Waals surface area (Å²) in [4.78, 5) is 29.6. The molecule has 11 nitrogen and oxygen atoms in total. The number of pyridine rings is 1. The van der Waals surface area contributed by atoms with Gasteiger partial charge in [-0.25, -0.2) is 19.9 Å². The van der Waals surface area contributed by atoms with Gasteiger partial charge < -0.3 is 20.2 Å². The van der Waals surface area contributed by atoms with Crippen LogP contribution >= 0.6 is 0 Å². The molecule has 42 heavy (non-hydrogen) atoms. The van der Waals surface area contributed by atoms with Gasteiger partial charge in [-0.3, -0.25) is 4.79 Å². The van der Waals surface area contributed by atoms with Crippen molar-refractivity contribution in [2.24, 2.45) is 4.99 Å². The highest BCUT2D eigenvalue weighted by atomic mass is 19.4. The van der Waals surface area contributed by atoms with E-state index in [1.165, 1.54) is 12.4 Å². The molecule has 3 N–H and O–H groups in total. The van der Waals surface area contributed by atoms with Crippen LogP contribution in [-0.4, -0.2) is 48.0 Å². The predicted molar refractivity (Wildman–Crippen MR) is 144 cm³/mol. The van der Waals surface area contributed by atoms with Crippen molar-refractivity contribution in [1.82, 2.24) is 25.1 Å². The highest BCUT2D eigenvalue weighted by molar-refractivity contribution is 6.19. The van der Waals surface area contributed by atoms with Crippen LogP contribution in [0.5, 0.6) is 0 Å². The minimum absolute atomic E-state index is 0.0310. The summed E-state index contributed by atoms with van der Waals surface area (Å²) in [5.41, 5.74) is 1.64. The van der Waals surface area contributed by atoms with E-state index in [2.05, 4.69) is 40.8 Å². The third-order valence-electron chi connectivity index (χ3n) is 6.25. The van der Waals surface area contributed by atoms with E-state index in [1.807, 2.05) is 42.5 Å². The molecule has 0 saturated carbocycles. The van der Waals surface area contributed by atoms with Crippen LogP contribution in [0.1, 0.15) is 22.5 Å². The monoisotopic (exact) mass is 572 g/mol. The first-order valence-electron chi connectivity index (χ1n) is 12.4. The fourth-order valence-corrected chi connectivity index (χ4v) is 4.26. The lowest BCUT2D eigenvalue weighted by Gasteiger charge is -2.12. The molecule has 1 unspecified atom stereocenters. The summed E-state index contributed by atoms with van der Waals surface area (Å²) in [7, 11) is 0. The average molecular weight is 573 g/mol. The highest BCUT2D eigenvalue weighted by Crippen LogP contribution is 2.36. The van der Waals surface area contributed by atoms with E-state index < -0.39 is 30.4 Å². The SMILES string of the molecule is O=C1Nc2ccccc2C(c2ccccc2)=NC1Nc1nnc(-c2ncc(C(F)(F)F)cc2-c2cnc(CO)nc2)o1. The number of amides is 1. The van der Waals surface area contributed by atoms with E-state index in [4.69, 9.17) is 4.42 Å². The van der Waals surface area contributed by atoms with Crippen LogP contribution in [0.15, 0.2) is 88.7 Å². The van der Waals surface area contributed by atoms with Crippen molar-refractivity contribution in [3.8, 4) is 22.7 Å². The fraction of sp³-hybridized carbons (Fsp3) is 0.107. The molecule has 6 rings (SSSR count). The van der Waals surface area contributed by atoms with Crippen LogP contribution < -0.4 is 10.6 Å². The topological polar surface area (TPSA) is 151 Å². The first-order valence-corrected chi connectivity index (χ1v) is 12.4. The van der Waals surface area contributed by atoms with Crippen LogP contribution in [0.25, 0.3) is 22.7 Å². The molecule has 0 aliphatic carbocycles. The van der Waals surface area contributed by atoms with Gasteiger partial charge in [0.15, 0.2) is 5.82 Å². The maximum atomic E-state index is 13.5. The Balaban J connectivity index is 1.36. The van der Waals surface area contributed by atoms with Crippen molar-refractivity contribution < 1.29 is 27.5 Å². The summed E-state index contributed by atoms with van der Waals surface area (Å²) < 4.78 is 46.2. The number of carbonyl (C=O) groups is 1. The van der Waals surface area contributed by atoms with Crippen molar-refractivity contribution in [2.45, 2.75) is 18.9 Å². The zero-order valence-corrected chi connectivity index (χ0v) is 21.4. The molecular formula is C28H19F3N8O3. The van der Waals surface area contributed by atoms with Gasteiger partial charge in [-0.1, -0.05) is 53.6 Å². The van der Waals surface area contributed by atoms with E-state index in [-0.39, 0.29) is 34.6 Å². The number of benzene rings is 2. The molecule has 0 saturated heterocycles. The zero-order valence-electron chi connectivity index (χ0n) is 21.4. The normalized spacial score (nSPS) is 14.9. The molecule has 5 aromatic rings. The quantitative estimate of drug-likeness (QED) is 0.270. The third kappa shape index (κ3) is 5.30. The summed E-state index contributed by atoms with van der Waals surface area (Å²) in [6.07, 6.45) is -2.72. The summed E-state index contributed by atoms with van der Waals surface area (Å²) in [5.74, 6) is -0.636. The second kappa shape index (κ2) is 10.8. The Bertz CT molecular complexity index is 1790. The van der Waals surface area contributed by atoms with Crippen molar-refractivity contribution in [1.29, 1.82) is 0 Å². The van der Waals surface area contributed by atoms with Crippen LogP contribution in [-0.2, 0) is 17.6 Å². The van der Waals surface area contributed by atoms with Gasteiger partial charge in [-0.2, -0.15) is 13.2 Å². The average Bonchev–Trinajstić information content (AvgIpc) is 3.42. The first kappa shape index (κ1) is 26.7. The lowest BCUT2D eigenvalue weighted by atomic mass is 10.0. The Hall–Kier alpha value is -5.50. The third-order valence-corrected chi connectivity index (χ3v) is 6.25. The van der Waals surface area contributed by atoms with E-state index in [0.717, 1.165) is 11.6 Å². The number of benzodiazepines with no additional fused rings is 1. The molecule has 210 valence electrons. The Labute approximate surface area is 235 Å². The molecular weight excluding hydrogens is 553 g/mol. The maximum Gasteiger partial charge on any atom is 0.417 e. The van der Waals surface area contributed by atoms with Gasteiger partial charge >= 0.3 is 12.2 Å². The number of nitrogens with one attached hydrogen (secondary N) is 2. The number of anilines is 2. The molecule has 0 spiro atoms. The maximum absolute atomic E-state index is 13.5. The number of aromatic nitrogens is 5. The van der Waals surface area contributed by atoms with Gasteiger partial charge in [0.05, 0.1) is 17.0 Å². The molecule has 1 aliphatic heterocycles. The smallest absolute Gasteiger partial charge is 0.402 e. The van der Waals surface area contributed by atoms with Gasteiger partial charge in [0.2, 0.25) is 6.17 Å². The van der Waals surface area contributed by atoms with Crippen molar-refractivity contribution >= 4 is 23.3 Å².